The van der Waals surface area contributed by atoms with Gasteiger partial charge in [0.1, 0.15) is 0 Å². The summed E-state index contributed by atoms with van der Waals surface area (Å²) in [6, 6.07) is 186. The molecular weight excluding hydrogens is 1680 g/mol. The zero-order valence-corrected chi connectivity index (χ0v) is 75.5. The predicted molar refractivity (Wildman–Crippen MR) is 579 cm³/mol. The summed E-state index contributed by atoms with van der Waals surface area (Å²) in [6.45, 7) is 2.14. The van der Waals surface area contributed by atoms with Crippen LogP contribution in [0.25, 0.3) is 165 Å². The maximum absolute atomic E-state index is 9.56. The van der Waals surface area contributed by atoms with E-state index in [-0.39, 0.29) is 0 Å². The first-order chi connectivity index (χ1) is 68.4. The van der Waals surface area contributed by atoms with Crippen molar-refractivity contribution in [3.63, 3.8) is 0 Å². The van der Waals surface area contributed by atoms with Crippen molar-refractivity contribution in [2.75, 3.05) is 14.7 Å². The molecule has 10 heteroatoms. The maximum Gasteiger partial charge on any atom is 0.0991 e. The molecule has 0 saturated carbocycles. The van der Waals surface area contributed by atoms with Crippen molar-refractivity contribution < 1.29 is 0 Å². The van der Waals surface area contributed by atoms with E-state index >= 15 is 0 Å². The molecule has 0 aliphatic heterocycles. The number of benzene rings is 21. The van der Waals surface area contributed by atoms with Gasteiger partial charge in [0, 0.05) is 150 Å². The van der Waals surface area contributed by atoms with Gasteiger partial charge in [-0.05, 0) is 274 Å². The van der Waals surface area contributed by atoms with Gasteiger partial charge in [0.25, 0.3) is 0 Å². The van der Waals surface area contributed by atoms with Crippen molar-refractivity contribution in [3.8, 4) is 40.2 Å². The number of para-hydroxylation sites is 13. The van der Waals surface area contributed by atoms with Gasteiger partial charge >= 0.3 is 0 Å². The zero-order chi connectivity index (χ0) is 91.7. The molecule has 0 aliphatic carbocycles. The van der Waals surface area contributed by atoms with Crippen molar-refractivity contribution >= 4 is 182 Å². The molecule has 138 heavy (non-hydrogen) atoms. The highest BCUT2D eigenvalue weighted by atomic mass is 15.2. The lowest BCUT2D eigenvalue weighted by molar-refractivity contribution is 1.18. The number of hydrogen-bond acceptors (Lipinski definition) is 4. The lowest BCUT2D eigenvalue weighted by atomic mass is 10.1. The predicted octanol–water partition coefficient (Wildman–Crippen LogP) is 34.2. The number of rotatable bonds is 15. The molecule has 0 aliphatic rings. The second-order valence-corrected chi connectivity index (χ2v) is 35.2. The lowest BCUT2D eigenvalue weighted by Crippen LogP contribution is -2.10. The van der Waals surface area contributed by atoms with Gasteiger partial charge in [0.2, 0.25) is 0 Å². The molecule has 0 bridgehead atoms. The highest BCUT2D eigenvalue weighted by Gasteiger charge is 2.26. The normalized spacial score (nSPS) is 11.5. The molecule has 650 valence electrons. The number of fused-ring (bicyclic) bond motifs is 18. The molecule has 27 rings (SSSR count). The third kappa shape index (κ3) is 14.1. The van der Waals surface area contributed by atoms with E-state index in [9.17, 15) is 5.26 Å². The zero-order valence-electron chi connectivity index (χ0n) is 75.5. The van der Waals surface area contributed by atoms with Gasteiger partial charge in [0.15, 0.2) is 0 Å². The van der Waals surface area contributed by atoms with E-state index in [1.807, 2.05) is 24.3 Å². The molecule has 0 saturated heterocycles. The van der Waals surface area contributed by atoms with Crippen LogP contribution in [0.4, 0.5) is 51.2 Å². The highest BCUT2D eigenvalue weighted by molar-refractivity contribution is 6.17. The van der Waals surface area contributed by atoms with Crippen LogP contribution in [0, 0.1) is 18.3 Å². The van der Waals surface area contributed by atoms with E-state index in [0.717, 1.165) is 96.3 Å². The van der Waals surface area contributed by atoms with Crippen molar-refractivity contribution in [2.45, 2.75) is 6.92 Å². The highest BCUT2D eigenvalue weighted by Crippen LogP contribution is 2.48. The van der Waals surface area contributed by atoms with Crippen molar-refractivity contribution in [1.82, 2.24) is 27.4 Å². The summed E-state index contributed by atoms with van der Waals surface area (Å²) in [6.07, 6.45) is 0. The molecule has 0 spiro atoms. The Balaban J connectivity index is 0.000000110. The summed E-state index contributed by atoms with van der Waals surface area (Å²) < 4.78 is 14.2. The van der Waals surface area contributed by atoms with Crippen LogP contribution in [0.15, 0.2) is 516 Å². The Labute approximate surface area is 797 Å². The molecule has 0 radical (unpaired) electrons. The first kappa shape index (κ1) is 81.3. The second kappa shape index (κ2) is 34.5. The molecule has 27 aromatic rings. The Morgan fingerprint density at radius 2 is 0.312 bits per heavy atom. The van der Waals surface area contributed by atoms with Crippen LogP contribution in [0.5, 0.6) is 0 Å². The van der Waals surface area contributed by atoms with Gasteiger partial charge in [0.05, 0.1) is 77.8 Å². The number of anilines is 9. The summed E-state index contributed by atoms with van der Waals surface area (Å²) in [7, 11) is 0. The number of aryl methyl sites for hydroxylation is 1. The second-order valence-electron chi connectivity index (χ2n) is 35.2. The largest absolute Gasteiger partial charge is 0.310 e. The van der Waals surface area contributed by atoms with Crippen molar-refractivity contribution in [2.24, 2.45) is 0 Å². The SMILES string of the molecule is Cc1ccc(N(c2ccc3c(c2)c2ccccc2n3-c2ccccc2)c2ccc3c(c2)c2ccccc2n3-c2ccccc2)cc1.N#Cc1ccc(N(c2ccc3c(c2)c2ccccc2n3-c2ccccc2)c2ccc3c(c2)c2ccccc2n3-c2ccccc2)cc1.c1ccc(N(c2ccc3c(c2)c2ccccc2n3-c2ccccc2)c2ccc3c(c2)c2ccccc2n3-c2ccccc2)cc1. The summed E-state index contributed by atoms with van der Waals surface area (Å²) in [5.41, 5.74) is 32.9. The quantitative estimate of drug-likeness (QED) is 0.103. The molecule has 0 amide bonds. The van der Waals surface area contributed by atoms with Crippen LogP contribution in [0.3, 0.4) is 0 Å². The third-order valence-corrected chi connectivity index (χ3v) is 27.1. The van der Waals surface area contributed by atoms with Gasteiger partial charge in [-0.1, -0.05) is 254 Å². The van der Waals surface area contributed by atoms with E-state index in [0.29, 0.717) is 5.56 Å². The first-order valence-electron chi connectivity index (χ1n) is 46.9. The molecule has 6 aromatic heterocycles. The van der Waals surface area contributed by atoms with Gasteiger partial charge in [-0.25, -0.2) is 0 Å². The Hall–Kier alpha value is -18.7. The smallest absolute Gasteiger partial charge is 0.0991 e. The maximum atomic E-state index is 9.56. The van der Waals surface area contributed by atoms with E-state index in [1.54, 1.807) is 0 Å². The van der Waals surface area contributed by atoms with Crippen LogP contribution < -0.4 is 14.7 Å². The summed E-state index contributed by atoms with van der Waals surface area (Å²) in [4.78, 5) is 7.06. The number of nitrogens with zero attached hydrogens (tertiary/aromatic N) is 10. The number of nitriles is 1. The molecule has 6 heterocycles. The average Bonchev–Trinajstić information content (AvgIpc) is 1.55. The molecule has 0 unspecified atom stereocenters. The minimum absolute atomic E-state index is 0.636. The van der Waals surface area contributed by atoms with Crippen LogP contribution in [-0.2, 0) is 0 Å². The van der Waals surface area contributed by atoms with E-state index in [4.69, 9.17) is 0 Å². The minimum atomic E-state index is 0.636. The molecule has 0 fully saturated rings. The van der Waals surface area contributed by atoms with E-state index in [1.165, 1.54) is 125 Å². The standard InChI is InChI=1S/C43H28N4.C43H31N3.C42H29N3/c44-29-30-19-21-33(22-20-30)45(34-23-25-42-38(27-34)36-15-7-9-17-40(36)46(42)31-11-3-1-4-12-31)35-24-26-43-39(28-35)37-16-8-10-18-41(37)47(43)32-13-5-2-6-14-32;1-30-20-22-33(23-21-30)44(34-24-26-42-38(28-34)36-16-8-10-18-40(36)45(42)31-12-4-2-5-13-31)35-25-27-43-39(29-35)37-17-9-11-19-41(37)46(43)32-14-6-3-7-15-32;1-4-14-30(15-5-1)43(33-24-26-41-37(28-33)35-20-10-12-22-39(35)44(41)31-16-6-2-7-17-31)34-25-27-42-38(29-34)36-21-11-13-23-40(36)45(42)32-18-8-3-9-19-32/h1-28H;2-29H,1H3;1-29H. The summed E-state index contributed by atoms with van der Waals surface area (Å²) in [5, 5.41) is 24.2. The molecular formula is C128H88N10. The summed E-state index contributed by atoms with van der Waals surface area (Å²) >= 11 is 0. The first-order valence-corrected chi connectivity index (χ1v) is 46.9. The Kier molecular flexibility index (Phi) is 20.3. The van der Waals surface area contributed by atoms with Gasteiger partial charge in [-0.3, -0.25) is 0 Å². The lowest BCUT2D eigenvalue weighted by Gasteiger charge is -2.26. The molecule has 0 N–H and O–H groups in total. The minimum Gasteiger partial charge on any atom is -0.310 e. The fourth-order valence-corrected chi connectivity index (χ4v) is 21.0. The van der Waals surface area contributed by atoms with Crippen molar-refractivity contribution in [3.05, 3.63) is 527 Å². The molecule has 0 atom stereocenters. The average molecular weight is 1770 g/mol. The molecule has 10 nitrogen and oxygen atoms in total. The number of hydrogen-bond donors (Lipinski definition) is 0. The van der Waals surface area contributed by atoms with Crippen LogP contribution >= 0.6 is 0 Å². The van der Waals surface area contributed by atoms with E-state index < -0.39 is 0 Å². The van der Waals surface area contributed by atoms with Gasteiger partial charge in [-0.2, -0.15) is 5.26 Å². The number of aromatic nitrogens is 6. The van der Waals surface area contributed by atoms with Crippen LogP contribution in [-0.4, -0.2) is 27.4 Å². The fraction of sp³-hybridized carbons (Fsp3) is 0.00781. The van der Waals surface area contributed by atoms with Crippen molar-refractivity contribution in [1.29, 1.82) is 5.26 Å². The Bertz CT molecular complexity index is 8860. The summed E-state index contributed by atoms with van der Waals surface area (Å²) in [5.74, 6) is 0. The Morgan fingerprint density at radius 1 is 0.152 bits per heavy atom. The third-order valence-electron chi connectivity index (χ3n) is 27.1. The van der Waals surface area contributed by atoms with Gasteiger partial charge < -0.3 is 42.1 Å². The van der Waals surface area contributed by atoms with Crippen LogP contribution in [0.1, 0.15) is 11.1 Å². The topological polar surface area (TPSA) is 63.1 Å². The van der Waals surface area contributed by atoms with E-state index in [2.05, 4.69) is 546 Å². The van der Waals surface area contributed by atoms with Crippen LogP contribution in [0.2, 0.25) is 0 Å². The fourth-order valence-electron chi connectivity index (χ4n) is 21.0. The molecule has 21 aromatic carbocycles. The monoisotopic (exact) mass is 1760 g/mol. The Morgan fingerprint density at radius 3 is 0.514 bits per heavy atom. The van der Waals surface area contributed by atoms with Gasteiger partial charge in [-0.15, -0.1) is 0 Å².